The zero-order valence-electron chi connectivity index (χ0n) is 18.1. The Balaban J connectivity index is 1.50. The quantitative estimate of drug-likeness (QED) is 0.343. The number of ether oxygens (including phenoxy) is 1. The van der Waals surface area contributed by atoms with Crippen molar-refractivity contribution >= 4 is 29.4 Å². The van der Waals surface area contributed by atoms with Crippen molar-refractivity contribution in [3.63, 3.8) is 0 Å². The SMILES string of the molecule is Cc1onc(-c2cccc(-c3cccc(C(=O)O)n3)c2)c1NC(=O)OCCc1ccccc1Cl. The third kappa shape index (κ3) is 5.24. The van der Waals surface area contributed by atoms with Crippen LogP contribution >= 0.6 is 11.6 Å². The van der Waals surface area contributed by atoms with E-state index in [2.05, 4.69) is 15.5 Å². The number of aromatic nitrogens is 2. The van der Waals surface area contributed by atoms with Gasteiger partial charge in [-0.2, -0.15) is 0 Å². The van der Waals surface area contributed by atoms with Crippen molar-refractivity contribution in [1.29, 1.82) is 0 Å². The lowest BCUT2D eigenvalue weighted by Gasteiger charge is -2.09. The molecule has 4 rings (SSSR count). The molecule has 0 aliphatic carbocycles. The molecule has 172 valence electrons. The van der Waals surface area contributed by atoms with Crippen LogP contribution in [0.4, 0.5) is 10.5 Å². The van der Waals surface area contributed by atoms with Gasteiger partial charge in [0.15, 0.2) is 5.76 Å². The van der Waals surface area contributed by atoms with E-state index in [-0.39, 0.29) is 12.3 Å². The molecule has 4 aromatic rings. The molecule has 0 radical (unpaired) electrons. The van der Waals surface area contributed by atoms with Crippen molar-refractivity contribution in [2.24, 2.45) is 0 Å². The molecule has 0 atom stereocenters. The summed E-state index contributed by atoms with van der Waals surface area (Å²) in [6.07, 6.45) is -0.167. The van der Waals surface area contributed by atoms with Gasteiger partial charge in [0, 0.05) is 22.6 Å². The maximum Gasteiger partial charge on any atom is 0.411 e. The first-order valence-electron chi connectivity index (χ1n) is 10.4. The van der Waals surface area contributed by atoms with E-state index in [1.807, 2.05) is 18.2 Å². The van der Waals surface area contributed by atoms with Crippen LogP contribution in [0.3, 0.4) is 0 Å². The van der Waals surface area contributed by atoms with Crippen LogP contribution in [0.25, 0.3) is 22.5 Å². The molecule has 0 saturated carbocycles. The highest BCUT2D eigenvalue weighted by Crippen LogP contribution is 2.32. The molecule has 8 nitrogen and oxygen atoms in total. The van der Waals surface area contributed by atoms with Gasteiger partial charge in [0.05, 0.1) is 12.3 Å². The van der Waals surface area contributed by atoms with E-state index in [0.717, 1.165) is 5.56 Å². The number of carbonyl (C=O) groups excluding carboxylic acids is 1. The Kier molecular flexibility index (Phi) is 6.89. The van der Waals surface area contributed by atoms with Crippen molar-refractivity contribution in [2.45, 2.75) is 13.3 Å². The number of halogens is 1. The van der Waals surface area contributed by atoms with Crippen molar-refractivity contribution < 1.29 is 24.0 Å². The molecule has 2 N–H and O–H groups in total. The molecule has 34 heavy (non-hydrogen) atoms. The van der Waals surface area contributed by atoms with Gasteiger partial charge >= 0.3 is 12.1 Å². The summed E-state index contributed by atoms with van der Waals surface area (Å²) in [6, 6.07) is 19.3. The lowest BCUT2D eigenvalue weighted by Crippen LogP contribution is -2.16. The molecule has 2 heterocycles. The van der Waals surface area contributed by atoms with Gasteiger partial charge in [-0.25, -0.2) is 14.6 Å². The number of aryl methyl sites for hydroxylation is 1. The van der Waals surface area contributed by atoms with Gasteiger partial charge in [-0.05, 0) is 36.8 Å². The fraction of sp³-hybridized carbons (Fsp3) is 0.120. The van der Waals surface area contributed by atoms with Gasteiger partial charge in [0.2, 0.25) is 0 Å². The number of pyridine rings is 1. The monoisotopic (exact) mass is 477 g/mol. The van der Waals surface area contributed by atoms with Crippen LogP contribution in [-0.2, 0) is 11.2 Å². The summed E-state index contributed by atoms with van der Waals surface area (Å²) >= 11 is 6.13. The third-order valence-electron chi connectivity index (χ3n) is 5.05. The van der Waals surface area contributed by atoms with E-state index in [1.54, 1.807) is 49.4 Å². The highest BCUT2D eigenvalue weighted by atomic mass is 35.5. The summed E-state index contributed by atoms with van der Waals surface area (Å²) in [7, 11) is 0. The number of carboxylic acids is 1. The van der Waals surface area contributed by atoms with Crippen molar-refractivity contribution in [1.82, 2.24) is 10.1 Å². The van der Waals surface area contributed by atoms with E-state index in [9.17, 15) is 14.7 Å². The minimum absolute atomic E-state index is 0.0536. The lowest BCUT2D eigenvalue weighted by atomic mass is 10.0. The number of carboxylic acid groups (broad SMARTS) is 1. The van der Waals surface area contributed by atoms with E-state index in [0.29, 0.717) is 45.4 Å². The van der Waals surface area contributed by atoms with Crippen molar-refractivity contribution in [2.75, 3.05) is 11.9 Å². The first-order chi connectivity index (χ1) is 16.4. The summed E-state index contributed by atoms with van der Waals surface area (Å²) < 4.78 is 10.6. The second-order valence-corrected chi connectivity index (χ2v) is 7.77. The number of amides is 1. The van der Waals surface area contributed by atoms with Gasteiger partial charge in [0.25, 0.3) is 0 Å². The Labute approximate surface area is 200 Å². The molecule has 0 spiro atoms. The number of hydrogen-bond donors (Lipinski definition) is 2. The maximum atomic E-state index is 12.4. The second kappa shape index (κ2) is 10.2. The van der Waals surface area contributed by atoms with Gasteiger partial charge in [-0.15, -0.1) is 0 Å². The summed E-state index contributed by atoms with van der Waals surface area (Å²) in [4.78, 5) is 27.8. The van der Waals surface area contributed by atoms with Crippen LogP contribution in [0.1, 0.15) is 21.8 Å². The molecule has 0 saturated heterocycles. The molecule has 1 amide bonds. The van der Waals surface area contributed by atoms with E-state index < -0.39 is 12.1 Å². The van der Waals surface area contributed by atoms with Crippen LogP contribution in [0.15, 0.2) is 71.3 Å². The number of anilines is 1. The number of rotatable bonds is 7. The van der Waals surface area contributed by atoms with Crippen LogP contribution in [-0.4, -0.2) is 33.9 Å². The number of benzene rings is 2. The molecule has 0 bridgehead atoms. The van der Waals surface area contributed by atoms with Crippen LogP contribution in [0.2, 0.25) is 5.02 Å². The largest absolute Gasteiger partial charge is 0.477 e. The highest BCUT2D eigenvalue weighted by molar-refractivity contribution is 6.31. The van der Waals surface area contributed by atoms with Gasteiger partial charge < -0.3 is 14.4 Å². The van der Waals surface area contributed by atoms with Crippen LogP contribution < -0.4 is 5.32 Å². The van der Waals surface area contributed by atoms with Crippen LogP contribution in [0, 0.1) is 6.92 Å². The fourth-order valence-electron chi connectivity index (χ4n) is 3.35. The highest BCUT2D eigenvalue weighted by Gasteiger charge is 2.19. The summed E-state index contributed by atoms with van der Waals surface area (Å²) in [5, 5.41) is 16.6. The third-order valence-corrected chi connectivity index (χ3v) is 5.42. The zero-order chi connectivity index (χ0) is 24.1. The van der Waals surface area contributed by atoms with Crippen LogP contribution in [0.5, 0.6) is 0 Å². The molecule has 9 heteroatoms. The summed E-state index contributed by atoms with van der Waals surface area (Å²) in [6.45, 7) is 1.83. The topological polar surface area (TPSA) is 115 Å². The number of nitrogens with one attached hydrogen (secondary N) is 1. The zero-order valence-corrected chi connectivity index (χ0v) is 18.9. The van der Waals surface area contributed by atoms with E-state index in [1.165, 1.54) is 6.07 Å². The number of hydrogen-bond acceptors (Lipinski definition) is 6. The number of nitrogens with zero attached hydrogens (tertiary/aromatic N) is 2. The summed E-state index contributed by atoms with van der Waals surface area (Å²) in [5.41, 5.74) is 3.47. The lowest BCUT2D eigenvalue weighted by molar-refractivity contribution is 0.0690. The average Bonchev–Trinajstić information content (AvgIpc) is 3.20. The molecule has 0 aliphatic heterocycles. The minimum Gasteiger partial charge on any atom is -0.477 e. The standard InChI is InChI=1S/C25H20ClN3O5/c1-15-22(28-25(32)33-13-12-16-6-2-3-9-19(16)26)23(29-34-15)18-8-4-7-17(14-18)20-10-5-11-21(27-20)24(30)31/h2-11,14H,12-13H2,1H3,(H,28,32)(H,30,31). The van der Waals surface area contributed by atoms with Gasteiger partial charge in [-0.3, -0.25) is 5.32 Å². The second-order valence-electron chi connectivity index (χ2n) is 7.36. The normalized spacial score (nSPS) is 10.6. The fourth-order valence-corrected chi connectivity index (χ4v) is 3.58. The smallest absolute Gasteiger partial charge is 0.411 e. The minimum atomic E-state index is -1.11. The van der Waals surface area contributed by atoms with E-state index in [4.69, 9.17) is 20.9 Å². The van der Waals surface area contributed by atoms with Gasteiger partial charge in [0.1, 0.15) is 17.1 Å². The van der Waals surface area contributed by atoms with Crippen molar-refractivity contribution in [3.8, 4) is 22.5 Å². The molecular formula is C25H20ClN3O5. The predicted octanol–water partition coefficient (Wildman–Crippen LogP) is 5.85. The van der Waals surface area contributed by atoms with Crippen molar-refractivity contribution in [3.05, 3.63) is 88.8 Å². The molecule has 0 unspecified atom stereocenters. The number of carbonyl (C=O) groups is 2. The molecule has 2 aromatic heterocycles. The molecule has 0 aliphatic rings. The molecule has 2 aromatic carbocycles. The van der Waals surface area contributed by atoms with Gasteiger partial charge in [-0.1, -0.05) is 59.2 Å². The Hall–Kier alpha value is -4.17. The first kappa shape index (κ1) is 23.0. The van der Waals surface area contributed by atoms with E-state index >= 15 is 0 Å². The predicted molar refractivity (Wildman–Crippen MR) is 127 cm³/mol. The Morgan fingerprint density at radius 2 is 1.82 bits per heavy atom. The Morgan fingerprint density at radius 3 is 2.62 bits per heavy atom. The molecular weight excluding hydrogens is 458 g/mol. The molecule has 0 fully saturated rings. The average molecular weight is 478 g/mol. The maximum absolute atomic E-state index is 12.4. The number of aromatic carboxylic acids is 1. The Morgan fingerprint density at radius 1 is 1.06 bits per heavy atom. The first-order valence-corrected chi connectivity index (χ1v) is 10.7. The summed E-state index contributed by atoms with van der Waals surface area (Å²) in [5.74, 6) is -0.695. The Bertz CT molecular complexity index is 1350.